The van der Waals surface area contributed by atoms with Gasteiger partial charge in [-0.25, -0.2) is 0 Å². The van der Waals surface area contributed by atoms with Crippen molar-refractivity contribution >= 4 is 27.5 Å². The molecule has 2 nitrogen and oxygen atoms in total. The van der Waals surface area contributed by atoms with E-state index in [2.05, 4.69) is 34.2 Å². The fourth-order valence-electron chi connectivity index (χ4n) is 2.66. The largest absolute Gasteiger partial charge is 0.381 e. The minimum Gasteiger partial charge on any atom is -0.381 e. The molecular weight excluding hydrogens is 326 g/mol. The number of hydrogen-bond donors (Lipinski definition) is 1. The molecule has 0 radical (unpaired) electrons. The monoisotopic (exact) mass is 345 g/mol. The predicted octanol–water partition coefficient (Wildman–Crippen LogP) is 4.57. The number of hydrogen-bond acceptors (Lipinski definition) is 2. The first-order valence-corrected chi connectivity index (χ1v) is 8.14. The van der Waals surface area contributed by atoms with Crippen molar-refractivity contribution in [3.8, 4) is 0 Å². The third-order valence-corrected chi connectivity index (χ3v) is 4.53. The summed E-state index contributed by atoms with van der Waals surface area (Å²) in [5.41, 5.74) is 1.20. The lowest BCUT2D eigenvalue weighted by Gasteiger charge is -2.28. The molecule has 0 bridgehead atoms. The second-order valence-corrected chi connectivity index (χ2v) is 6.39. The molecule has 4 heteroatoms. The van der Waals surface area contributed by atoms with E-state index >= 15 is 0 Å². The molecule has 1 atom stereocenters. The SMILES string of the molecule is CCNC(CC1CCOCC1)c1cc(Br)ccc1Cl. The molecule has 1 saturated heterocycles. The Kier molecular flexibility index (Phi) is 6.14. The number of rotatable bonds is 5. The minimum absolute atomic E-state index is 0.332. The zero-order valence-corrected chi connectivity index (χ0v) is 13.6. The highest BCUT2D eigenvalue weighted by atomic mass is 79.9. The highest BCUT2D eigenvalue weighted by Gasteiger charge is 2.21. The Morgan fingerprint density at radius 2 is 2.16 bits per heavy atom. The molecule has 1 unspecified atom stereocenters. The molecule has 1 heterocycles. The maximum Gasteiger partial charge on any atom is 0.0468 e. The van der Waals surface area contributed by atoms with Gasteiger partial charge in [0.25, 0.3) is 0 Å². The van der Waals surface area contributed by atoms with E-state index in [4.69, 9.17) is 16.3 Å². The van der Waals surface area contributed by atoms with Gasteiger partial charge in [-0.1, -0.05) is 34.5 Å². The molecule has 1 aromatic carbocycles. The zero-order chi connectivity index (χ0) is 13.7. The van der Waals surface area contributed by atoms with Gasteiger partial charge in [0.05, 0.1) is 0 Å². The second kappa shape index (κ2) is 7.63. The molecule has 2 rings (SSSR count). The molecule has 106 valence electrons. The van der Waals surface area contributed by atoms with E-state index in [1.807, 2.05) is 12.1 Å². The van der Waals surface area contributed by atoms with Crippen LogP contribution in [0.2, 0.25) is 5.02 Å². The van der Waals surface area contributed by atoms with Crippen LogP contribution in [0.5, 0.6) is 0 Å². The molecule has 0 aliphatic carbocycles. The fraction of sp³-hybridized carbons (Fsp3) is 0.600. The first-order chi connectivity index (χ1) is 9.20. The molecule has 1 aromatic rings. The smallest absolute Gasteiger partial charge is 0.0468 e. The van der Waals surface area contributed by atoms with Gasteiger partial charge in [0.2, 0.25) is 0 Å². The molecule has 1 fully saturated rings. The van der Waals surface area contributed by atoms with Crippen molar-refractivity contribution < 1.29 is 4.74 Å². The molecule has 1 N–H and O–H groups in total. The van der Waals surface area contributed by atoms with E-state index in [0.717, 1.165) is 54.4 Å². The van der Waals surface area contributed by atoms with Gasteiger partial charge < -0.3 is 10.1 Å². The Morgan fingerprint density at radius 3 is 2.84 bits per heavy atom. The van der Waals surface area contributed by atoms with E-state index in [1.54, 1.807) is 0 Å². The molecule has 0 amide bonds. The number of benzene rings is 1. The summed E-state index contributed by atoms with van der Waals surface area (Å²) in [5.74, 6) is 0.729. The fourth-order valence-corrected chi connectivity index (χ4v) is 3.29. The molecular formula is C15H21BrClNO. The Labute approximate surface area is 129 Å². The number of nitrogens with one attached hydrogen (secondary N) is 1. The van der Waals surface area contributed by atoms with Crippen LogP contribution < -0.4 is 5.32 Å². The second-order valence-electron chi connectivity index (χ2n) is 5.07. The molecule has 0 spiro atoms. The summed E-state index contributed by atoms with van der Waals surface area (Å²) in [5, 5.41) is 4.42. The average Bonchev–Trinajstić information content (AvgIpc) is 2.42. The van der Waals surface area contributed by atoms with Crippen LogP contribution in [0.3, 0.4) is 0 Å². The molecule has 0 aromatic heterocycles. The first-order valence-electron chi connectivity index (χ1n) is 6.96. The Hall–Kier alpha value is -0.0900. The molecule has 0 saturated carbocycles. The summed E-state index contributed by atoms with van der Waals surface area (Å²) in [7, 11) is 0. The van der Waals surface area contributed by atoms with Gasteiger partial charge in [-0.15, -0.1) is 0 Å². The summed E-state index contributed by atoms with van der Waals surface area (Å²) in [4.78, 5) is 0. The van der Waals surface area contributed by atoms with Gasteiger partial charge in [0.1, 0.15) is 0 Å². The van der Waals surface area contributed by atoms with Crippen LogP contribution >= 0.6 is 27.5 Å². The molecule has 1 aliphatic heterocycles. The minimum atomic E-state index is 0.332. The normalized spacial score (nSPS) is 18.5. The lowest BCUT2D eigenvalue weighted by atomic mass is 9.89. The van der Waals surface area contributed by atoms with E-state index in [-0.39, 0.29) is 0 Å². The van der Waals surface area contributed by atoms with Crippen molar-refractivity contribution in [2.75, 3.05) is 19.8 Å². The van der Waals surface area contributed by atoms with E-state index in [1.165, 1.54) is 5.56 Å². The maximum atomic E-state index is 6.36. The topological polar surface area (TPSA) is 21.3 Å². The van der Waals surface area contributed by atoms with Gasteiger partial charge in [-0.2, -0.15) is 0 Å². The average molecular weight is 347 g/mol. The quantitative estimate of drug-likeness (QED) is 0.843. The van der Waals surface area contributed by atoms with E-state index in [0.29, 0.717) is 6.04 Å². The van der Waals surface area contributed by atoms with Gasteiger partial charge in [0, 0.05) is 28.8 Å². The van der Waals surface area contributed by atoms with Crippen molar-refractivity contribution in [2.45, 2.75) is 32.2 Å². The highest BCUT2D eigenvalue weighted by molar-refractivity contribution is 9.10. The Balaban J connectivity index is 2.11. The first kappa shape index (κ1) is 15.3. The highest BCUT2D eigenvalue weighted by Crippen LogP contribution is 2.33. The van der Waals surface area contributed by atoms with Crippen molar-refractivity contribution in [3.05, 3.63) is 33.3 Å². The maximum absolute atomic E-state index is 6.36. The van der Waals surface area contributed by atoms with Crippen LogP contribution in [-0.2, 0) is 4.74 Å². The molecule has 19 heavy (non-hydrogen) atoms. The van der Waals surface area contributed by atoms with E-state index in [9.17, 15) is 0 Å². The van der Waals surface area contributed by atoms with Crippen molar-refractivity contribution in [1.29, 1.82) is 0 Å². The number of halogens is 2. The van der Waals surface area contributed by atoms with Crippen LogP contribution in [0.15, 0.2) is 22.7 Å². The lowest BCUT2D eigenvalue weighted by molar-refractivity contribution is 0.0606. The van der Waals surface area contributed by atoms with Gasteiger partial charge >= 0.3 is 0 Å². The van der Waals surface area contributed by atoms with Crippen LogP contribution in [-0.4, -0.2) is 19.8 Å². The van der Waals surface area contributed by atoms with Crippen molar-refractivity contribution in [1.82, 2.24) is 5.32 Å². The predicted molar refractivity (Wildman–Crippen MR) is 83.7 cm³/mol. The summed E-state index contributed by atoms with van der Waals surface area (Å²) in [6, 6.07) is 6.42. The molecule has 1 aliphatic rings. The van der Waals surface area contributed by atoms with Gasteiger partial charge in [-0.3, -0.25) is 0 Å². The third-order valence-electron chi connectivity index (χ3n) is 3.69. The number of ether oxygens (including phenoxy) is 1. The summed E-state index contributed by atoms with van der Waals surface area (Å²) >= 11 is 9.89. The lowest BCUT2D eigenvalue weighted by Crippen LogP contribution is -2.26. The standard InChI is InChI=1S/C15H21BrClNO/c1-2-18-15(9-11-5-7-19-8-6-11)13-10-12(16)3-4-14(13)17/h3-4,10-11,15,18H,2,5-9H2,1H3. The Bertz CT molecular complexity index is 407. The van der Waals surface area contributed by atoms with Crippen LogP contribution in [0.25, 0.3) is 0 Å². The van der Waals surface area contributed by atoms with Crippen LogP contribution in [0.4, 0.5) is 0 Å². The van der Waals surface area contributed by atoms with Crippen LogP contribution in [0.1, 0.15) is 37.8 Å². The third kappa shape index (κ3) is 4.45. The zero-order valence-electron chi connectivity index (χ0n) is 11.3. The summed E-state index contributed by atoms with van der Waals surface area (Å²) in [6.07, 6.45) is 3.45. The van der Waals surface area contributed by atoms with Gasteiger partial charge in [0.15, 0.2) is 0 Å². The van der Waals surface area contributed by atoms with Crippen molar-refractivity contribution in [2.24, 2.45) is 5.92 Å². The summed E-state index contributed by atoms with van der Waals surface area (Å²) < 4.78 is 6.52. The van der Waals surface area contributed by atoms with Crippen LogP contribution in [0, 0.1) is 5.92 Å². The summed E-state index contributed by atoms with van der Waals surface area (Å²) in [6.45, 7) is 4.89. The van der Waals surface area contributed by atoms with Gasteiger partial charge in [-0.05, 0) is 55.5 Å². The Morgan fingerprint density at radius 1 is 1.42 bits per heavy atom. The van der Waals surface area contributed by atoms with E-state index < -0.39 is 0 Å². The van der Waals surface area contributed by atoms with Crippen molar-refractivity contribution in [3.63, 3.8) is 0 Å².